The molecule has 1 heterocycles. The van der Waals surface area contributed by atoms with Gasteiger partial charge in [0.05, 0.1) is 0 Å². The Morgan fingerprint density at radius 1 is 1.26 bits per heavy atom. The lowest BCUT2D eigenvalue weighted by Gasteiger charge is -2.12. The molecule has 3 rings (SSSR count). The number of aryl methyl sites for hydroxylation is 1. The van der Waals surface area contributed by atoms with Gasteiger partial charge in [-0.05, 0) is 64.8 Å². The Labute approximate surface area is 127 Å². The van der Waals surface area contributed by atoms with E-state index in [4.69, 9.17) is 0 Å². The molecule has 98 valence electrons. The van der Waals surface area contributed by atoms with Crippen LogP contribution in [-0.4, -0.2) is 6.54 Å². The van der Waals surface area contributed by atoms with Crippen LogP contribution in [0.3, 0.4) is 0 Å². The molecule has 2 aromatic rings. The zero-order valence-electron chi connectivity index (χ0n) is 11.0. The molecule has 0 radical (unpaired) electrons. The fourth-order valence-electron chi connectivity index (χ4n) is 2.46. The third kappa shape index (κ3) is 2.71. The minimum absolute atomic E-state index is 0.870. The van der Waals surface area contributed by atoms with Crippen molar-refractivity contribution in [3.8, 4) is 0 Å². The van der Waals surface area contributed by atoms with E-state index in [2.05, 4.69) is 76.5 Å². The molecular formula is C16H17IN2. The maximum Gasteiger partial charge on any atom is 0.0424 e. The SMILES string of the molecule is Cc1ccc(NCc2cccc3c2NCC3)cc1I. The molecule has 0 aliphatic carbocycles. The lowest BCUT2D eigenvalue weighted by atomic mass is 10.1. The van der Waals surface area contributed by atoms with Crippen molar-refractivity contribution >= 4 is 34.0 Å². The van der Waals surface area contributed by atoms with Gasteiger partial charge in [0.25, 0.3) is 0 Å². The van der Waals surface area contributed by atoms with Crippen LogP contribution in [0.5, 0.6) is 0 Å². The zero-order valence-corrected chi connectivity index (χ0v) is 13.1. The minimum atomic E-state index is 0.870. The molecule has 1 aliphatic rings. The average molecular weight is 364 g/mol. The molecule has 0 amide bonds. The summed E-state index contributed by atoms with van der Waals surface area (Å²) in [6.45, 7) is 4.07. The normalized spacial score (nSPS) is 12.9. The second-order valence-electron chi connectivity index (χ2n) is 4.95. The first kappa shape index (κ1) is 12.8. The molecule has 19 heavy (non-hydrogen) atoms. The molecule has 0 saturated carbocycles. The monoisotopic (exact) mass is 364 g/mol. The topological polar surface area (TPSA) is 24.1 Å². The predicted octanol–water partition coefficient (Wildman–Crippen LogP) is 4.18. The lowest BCUT2D eigenvalue weighted by molar-refractivity contribution is 1.11. The molecule has 1 aliphatic heterocycles. The summed E-state index contributed by atoms with van der Waals surface area (Å²) in [7, 11) is 0. The number of para-hydroxylation sites is 1. The third-order valence-electron chi connectivity index (χ3n) is 3.59. The zero-order chi connectivity index (χ0) is 13.2. The molecule has 3 heteroatoms. The smallest absolute Gasteiger partial charge is 0.0424 e. The van der Waals surface area contributed by atoms with Crippen molar-refractivity contribution in [3.05, 3.63) is 56.7 Å². The van der Waals surface area contributed by atoms with Crippen molar-refractivity contribution in [2.75, 3.05) is 17.2 Å². The minimum Gasteiger partial charge on any atom is -0.384 e. The first-order chi connectivity index (χ1) is 9.24. The Morgan fingerprint density at radius 3 is 3.00 bits per heavy atom. The van der Waals surface area contributed by atoms with E-state index in [-0.39, 0.29) is 0 Å². The van der Waals surface area contributed by atoms with Gasteiger partial charge < -0.3 is 10.6 Å². The van der Waals surface area contributed by atoms with Crippen molar-refractivity contribution in [3.63, 3.8) is 0 Å². The maximum atomic E-state index is 3.51. The Kier molecular flexibility index (Phi) is 3.64. The number of rotatable bonds is 3. The summed E-state index contributed by atoms with van der Waals surface area (Å²) in [5, 5.41) is 7.00. The summed E-state index contributed by atoms with van der Waals surface area (Å²) in [6, 6.07) is 13.1. The Hall–Kier alpha value is -1.23. The molecular weight excluding hydrogens is 347 g/mol. The second-order valence-corrected chi connectivity index (χ2v) is 6.11. The fourth-order valence-corrected chi connectivity index (χ4v) is 2.97. The quantitative estimate of drug-likeness (QED) is 0.799. The van der Waals surface area contributed by atoms with E-state index < -0.39 is 0 Å². The number of nitrogens with one attached hydrogen (secondary N) is 2. The number of hydrogen-bond acceptors (Lipinski definition) is 2. The summed E-state index contributed by atoms with van der Waals surface area (Å²) in [5.41, 5.74) is 6.64. The van der Waals surface area contributed by atoms with Gasteiger partial charge in [-0.1, -0.05) is 24.3 Å². The molecule has 0 unspecified atom stereocenters. The van der Waals surface area contributed by atoms with Gasteiger partial charge in [0.1, 0.15) is 0 Å². The Morgan fingerprint density at radius 2 is 2.16 bits per heavy atom. The average Bonchev–Trinajstić information content (AvgIpc) is 2.89. The number of anilines is 2. The van der Waals surface area contributed by atoms with Crippen LogP contribution in [0, 0.1) is 10.5 Å². The maximum absolute atomic E-state index is 3.51. The highest BCUT2D eigenvalue weighted by Crippen LogP contribution is 2.27. The number of halogens is 1. The fraction of sp³-hybridized carbons (Fsp3) is 0.250. The van der Waals surface area contributed by atoms with Gasteiger partial charge in [-0.15, -0.1) is 0 Å². The molecule has 0 fully saturated rings. The van der Waals surface area contributed by atoms with Crippen molar-refractivity contribution in [1.82, 2.24) is 0 Å². The van der Waals surface area contributed by atoms with Crippen molar-refractivity contribution in [1.29, 1.82) is 0 Å². The summed E-state index contributed by atoms with van der Waals surface area (Å²) >= 11 is 2.38. The molecule has 2 nitrogen and oxygen atoms in total. The molecule has 0 spiro atoms. The van der Waals surface area contributed by atoms with Crippen LogP contribution in [0.15, 0.2) is 36.4 Å². The van der Waals surface area contributed by atoms with Crippen LogP contribution in [0.4, 0.5) is 11.4 Å². The van der Waals surface area contributed by atoms with Gasteiger partial charge >= 0.3 is 0 Å². The van der Waals surface area contributed by atoms with Gasteiger partial charge in [-0.2, -0.15) is 0 Å². The van der Waals surface area contributed by atoms with E-state index in [9.17, 15) is 0 Å². The largest absolute Gasteiger partial charge is 0.384 e. The van der Waals surface area contributed by atoms with Crippen molar-refractivity contribution < 1.29 is 0 Å². The van der Waals surface area contributed by atoms with Crippen LogP contribution in [0.2, 0.25) is 0 Å². The summed E-state index contributed by atoms with van der Waals surface area (Å²) < 4.78 is 1.30. The van der Waals surface area contributed by atoms with E-state index in [1.807, 2.05) is 0 Å². The molecule has 0 bridgehead atoms. The lowest BCUT2D eigenvalue weighted by Crippen LogP contribution is -2.03. The van der Waals surface area contributed by atoms with Gasteiger partial charge in [0, 0.05) is 28.0 Å². The number of hydrogen-bond donors (Lipinski definition) is 2. The van der Waals surface area contributed by atoms with Crippen molar-refractivity contribution in [2.45, 2.75) is 19.9 Å². The van der Waals surface area contributed by atoms with Gasteiger partial charge in [-0.25, -0.2) is 0 Å². The number of fused-ring (bicyclic) bond motifs is 1. The first-order valence-electron chi connectivity index (χ1n) is 6.59. The van der Waals surface area contributed by atoms with Crippen molar-refractivity contribution in [2.24, 2.45) is 0 Å². The van der Waals surface area contributed by atoms with E-state index in [0.717, 1.165) is 19.5 Å². The van der Waals surface area contributed by atoms with E-state index in [0.29, 0.717) is 0 Å². The highest BCUT2D eigenvalue weighted by atomic mass is 127. The van der Waals surface area contributed by atoms with Crippen LogP contribution in [0.25, 0.3) is 0 Å². The highest BCUT2D eigenvalue weighted by molar-refractivity contribution is 14.1. The van der Waals surface area contributed by atoms with Crippen LogP contribution >= 0.6 is 22.6 Å². The standard InChI is InChI=1S/C16H17IN2/c1-11-5-6-14(9-15(11)17)19-10-13-4-2-3-12-7-8-18-16(12)13/h2-6,9,18-19H,7-8,10H2,1H3. The first-order valence-corrected chi connectivity index (χ1v) is 7.66. The van der Waals surface area contributed by atoms with Crippen LogP contribution in [0.1, 0.15) is 16.7 Å². The Bertz CT molecular complexity index is 608. The summed E-state index contributed by atoms with van der Waals surface area (Å²) in [5.74, 6) is 0. The number of benzene rings is 2. The summed E-state index contributed by atoms with van der Waals surface area (Å²) in [4.78, 5) is 0. The van der Waals surface area contributed by atoms with E-state index >= 15 is 0 Å². The molecule has 2 aromatic carbocycles. The second kappa shape index (κ2) is 5.41. The third-order valence-corrected chi connectivity index (χ3v) is 4.75. The molecule has 0 saturated heterocycles. The van der Waals surface area contributed by atoms with Crippen LogP contribution in [-0.2, 0) is 13.0 Å². The van der Waals surface area contributed by atoms with Crippen LogP contribution < -0.4 is 10.6 Å². The molecule has 0 atom stereocenters. The van der Waals surface area contributed by atoms with Gasteiger partial charge in [-0.3, -0.25) is 0 Å². The van der Waals surface area contributed by atoms with E-state index in [1.54, 1.807) is 0 Å². The van der Waals surface area contributed by atoms with E-state index in [1.165, 1.54) is 31.6 Å². The highest BCUT2D eigenvalue weighted by Gasteiger charge is 2.13. The van der Waals surface area contributed by atoms with Gasteiger partial charge in [0.15, 0.2) is 0 Å². The molecule has 0 aromatic heterocycles. The van der Waals surface area contributed by atoms with Gasteiger partial charge in [0.2, 0.25) is 0 Å². The Balaban J connectivity index is 1.76. The predicted molar refractivity (Wildman–Crippen MR) is 89.9 cm³/mol. The summed E-state index contributed by atoms with van der Waals surface area (Å²) in [6.07, 6.45) is 1.14. The molecule has 2 N–H and O–H groups in total.